The maximum Gasteiger partial charge on any atom is 2.00 e. The van der Waals surface area contributed by atoms with Gasteiger partial charge in [0, 0.05) is 0 Å². The molecule has 0 spiro atoms. The van der Waals surface area contributed by atoms with Crippen LogP contribution in [0.25, 0.3) is 0 Å². The van der Waals surface area contributed by atoms with E-state index in [4.69, 9.17) is 0 Å². The number of nitrogens with zero attached hydrogens (tertiary/aromatic N) is 3. The summed E-state index contributed by atoms with van der Waals surface area (Å²) in [4.78, 5) is 4.66. The Balaban J connectivity index is 0.00000261. The number of hydrogen-bond acceptors (Lipinski definition) is 5. The van der Waals surface area contributed by atoms with Crippen LogP contribution in [0.5, 0.6) is 0 Å². The van der Waals surface area contributed by atoms with Crippen LogP contribution >= 0.6 is 0 Å². The number of nitrogens with one attached hydrogen (secondary N) is 2. The minimum atomic E-state index is 0. The summed E-state index contributed by atoms with van der Waals surface area (Å²) in [6, 6.07) is 25.5. The van der Waals surface area contributed by atoms with E-state index >= 15 is 0 Å². The number of pyridine rings is 1. The molecular weight excluding hydrogens is 449 g/mol. The van der Waals surface area contributed by atoms with E-state index in [9.17, 15) is 0 Å². The van der Waals surface area contributed by atoms with E-state index in [1.54, 1.807) is 0 Å². The van der Waals surface area contributed by atoms with Crippen LogP contribution in [0.15, 0.2) is 89.1 Å². The van der Waals surface area contributed by atoms with Crippen molar-refractivity contribution in [2.75, 3.05) is 10.9 Å². The van der Waals surface area contributed by atoms with Crippen molar-refractivity contribution < 1.29 is 41.9 Å². The van der Waals surface area contributed by atoms with E-state index in [0.717, 1.165) is 34.2 Å². The molecule has 0 atom stereocenters. The van der Waals surface area contributed by atoms with E-state index in [-0.39, 0.29) is 41.9 Å². The third kappa shape index (κ3) is 8.26. The molecule has 2 N–H and O–H groups in total. The predicted octanol–water partition coefficient (Wildman–Crippen LogP) is -1.24. The number of aromatic nitrogens is 1. The van der Waals surface area contributed by atoms with Crippen LogP contribution in [-0.2, 0) is 17.1 Å². The van der Waals surface area contributed by atoms with E-state index in [1.165, 1.54) is 0 Å². The summed E-state index contributed by atoms with van der Waals surface area (Å²) in [5.74, 6) is 0. The molecular formula is C21H21Cl2FeN5. The number of para-hydroxylation sites is 2. The quantitative estimate of drug-likeness (QED) is 0.270. The van der Waals surface area contributed by atoms with Gasteiger partial charge in [0.05, 0.1) is 34.2 Å². The molecule has 0 saturated carbocycles. The second-order valence-electron chi connectivity index (χ2n) is 5.76. The first-order chi connectivity index (χ1) is 12.7. The normalized spacial score (nSPS) is 10.7. The van der Waals surface area contributed by atoms with Gasteiger partial charge in [-0.3, -0.25) is 10.9 Å². The van der Waals surface area contributed by atoms with Crippen LogP contribution in [-0.4, -0.2) is 16.4 Å². The number of rotatable bonds is 6. The molecule has 0 aliphatic rings. The van der Waals surface area contributed by atoms with Crippen molar-refractivity contribution in [3.05, 3.63) is 90.3 Å². The maximum absolute atomic E-state index is 4.66. The molecule has 5 nitrogen and oxygen atoms in total. The molecule has 3 rings (SSSR count). The molecule has 3 aromatic rings. The summed E-state index contributed by atoms with van der Waals surface area (Å²) >= 11 is 0. The summed E-state index contributed by atoms with van der Waals surface area (Å²) in [5, 5.41) is 8.81. The Morgan fingerprint density at radius 3 is 1.38 bits per heavy atom. The standard InChI is InChI=1S/C21H21N5.2ClH.Fe/c1-16(23-25-18-10-5-3-6-11-18)20-14-9-15-21(22-20)17(2)24-26-19-12-7-4-8-13-19;;;/h3-15,25-26H,1-2H3;2*1H;/q;;;+2/p-2. The number of halogens is 2. The molecule has 0 amide bonds. The van der Waals surface area contributed by atoms with Gasteiger partial charge in [0.1, 0.15) is 0 Å². The van der Waals surface area contributed by atoms with Gasteiger partial charge in [0.15, 0.2) is 0 Å². The van der Waals surface area contributed by atoms with Crippen molar-refractivity contribution in [1.29, 1.82) is 0 Å². The molecule has 152 valence electrons. The first-order valence-electron chi connectivity index (χ1n) is 8.41. The summed E-state index contributed by atoms with van der Waals surface area (Å²) in [6.45, 7) is 3.85. The van der Waals surface area contributed by atoms with Gasteiger partial charge < -0.3 is 24.8 Å². The first kappa shape index (κ1) is 26.6. The Morgan fingerprint density at radius 1 is 0.621 bits per heavy atom. The van der Waals surface area contributed by atoms with Gasteiger partial charge in [-0.2, -0.15) is 10.2 Å². The van der Waals surface area contributed by atoms with Crippen LogP contribution in [0.3, 0.4) is 0 Å². The van der Waals surface area contributed by atoms with Crippen molar-refractivity contribution >= 4 is 22.8 Å². The van der Waals surface area contributed by atoms with Crippen molar-refractivity contribution in [2.24, 2.45) is 10.2 Å². The second kappa shape index (κ2) is 13.7. The van der Waals surface area contributed by atoms with Crippen molar-refractivity contribution in [3.63, 3.8) is 0 Å². The molecule has 0 bridgehead atoms. The van der Waals surface area contributed by atoms with Gasteiger partial charge in [-0.1, -0.05) is 42.5 Å². The fraction of sp³-hybridized carbons (Fsp3) is 0.0952. The second-order valence-corrected chi connectivity index (χ2v) is 5.76. The van der Waals surface area contributed by atoms with Crippen molar-refractivity contribution in [2.45, 2.75) is 13.8 Å². The molecule has 0 aliphatic carbocycles. The summed E-state index contributed by atoms with van der Waals surface area (Å²) in [5.41, 5.74) is 11.2. The molecule has 0 aliphatic heterocycles. The largest absolute Gasteiger partial charge is 2.00 e. The van der Waals surface area contributed by atoms with E-state index in [0.29, 0.717) is 0 Å². The van der Waals surface area contributed by atoms with Gasteiger partial charge in [0.25, 0.3) is 0 Å². The minimum Gasteiger partial charge on any atom is -1.00 e. The SMILES string of the molecule is CC(=NNc1ccccc1)c1cccc(C(C)=NNc2ccccc2)n1.[Cl-].[Cl-].[Fe+2]. The molecule has 0 saturated heterocycles. The Hall–Kier alpha value is -2.37. The molecule has 1 aromatic heterocycles. The zero-order chi connectivity index (χ0) is 18.2. The molecule has 0 unspecified atom stereocenters. The smallest absolute Gasteiger partial charge is 1.00 e. The van der Waals surface area contributed by atoms with Crippen molar-refractivity contribution in [1.82, 2.24) is 4.98 Å². The summed E-state index contributed by atoms with van der Waals surface area (Å²) in [7, 11) is 0. The summed E-state index contributed by atoms with van der Waals surface area (Å²) in [6.07, 6.45) is 0. The van der Waals surface area contributed by atoms with Crippen LogP contribution in [0.2, 0.25) is 0 Å². The zero-order valence-corrected chi connectivity index (χ0v) is 18.6. The topological polar surface area (TPSA) is 61.7 Å². The average molecular weight is 470 g/mol. The Kier molecular flexibility index (Phi) is 12.6. The van der Waals surface area contributed by atoms with Gasteiger partial charge >= 0.3 is 17.1 Å². The van der Waals surface area contributed by atoms with Crippen LogP contribution in [0.4, 0.5) is 11.4 Å². The third-order valence-corrected chi connectivity index (χ3v) is 3.74. The van der Waals surface area contributed by atoms with Crippen LogP contribution in [0.1, 0.15) is 25.2 Å². The molecule has 1 heterocycles. The molecule has 29 heavy (non-hydrogen) atoms. The fourth-order valence-electron chi connectivity index (χ4n) is 2.27. The van der Waals surface area contributed by atoms with E-state index < -0.39 is 0 Å². The fourth-order valence-corrected chi connectivity index (χ4v) is 2.27. The maximum atomic E-state index is 4.66. The van der Waals surface area contributed by atoms with Crippen LogP contribution in [0, 0.1) is 0 Å². The third-order valence-electron chi connectivity index (χ3n) is 3.74. The molecule has 2 aromatic carbocycles. The van der Waals surface area contributed by atoms with Crippen LogP contribution < -0.4 is 35.7 Å². The van der Waals surface area contributed by atoms with Gasteiger partial charge in [-0.25, -0.2) is 4.98 Å². The minimum absolute atomic E-state index is 0. The summed E-state index contributed by atoms with van der Waals surface area (Å²) < 4.78 is 0. The Bertz CT molecular complexity index is 846. The van der Waals surface area contributed by atoms with Gasteiger partial charge in [-0.15, -0.1) is 0 Å². The number of hydrazone groups is 2. The van der Waals surface area contributed by atoms with E-state index in [1.807, 2.05) is 92.7 Å². The Morgan fingerprint density at radius 2 is 1.00 bits per heavy atom. The van der Waals surface area contributed by atoms with Gasteiger partial charge in [0.2, 0.25) is 0 Å². The number of benzene rings is 2. The number of hydrogen-bond donors (Lipinski definition) is 2. The molecule has 0 radical (unpaired) electrons. The van der Waals surface area contributed by atoms with E-state index in [2.05, 4.69) is 26.0 Å². The average Bonchev–Trinajstić information content (AvgIpc) is 2.72. The van der Waals surface area contributed by atoms with Crippen molar-refractivity contribution in [3.8, 4) is 0 Å². The predicted molar refractivity (Wildman–Crippen MR) is 109 cm³/mol. The van der Waals surface area contributed by atoms with Gasteiger partial charge in [-0.05, 0) is 50.2 Å². The zero-order valence-electron chi connectivity index (χ0n) is 16.0. The molecule has 0 fully saturated rings. The monoisotopic (exact) mass is 469 g/mol. The molecule has 8 heteroatoms. The number of anilines is 2. The Labute approximate surface area is 194 Å². The first-order valence-corrected chi connectivity index (χ1v) is 8.41.